The molecule has 0 bridgehead atoms. The molecule has 0 amide bonds. The number of hydrogen-bond donors (Lipinski definition) is 0. The number of nitro groups is 1. The molecular formula is C26H20F5N5O3. The summed E-state index contributed by atoms with van der Waals surface area (Å²) in [6, 6.07) is 11.0. The molecule has 1 aliphatic carbocycles. The Balaban J connectivity index is 1.55. The van der Waals surface area contributed by atoms with Crippen LogP contribution in [-0.4, -0.2) is 49.1 Å². The van der Waals surface area contributed by atoms with Gasteiger partial charge >= 0.3 is 11.7 Å². The number of imidazole rings is 1. The van der Waals surface area contributed by atoms with Crippen LogP contribution in [0.3, 0.4) is 0 Å². The molecule has 0 spiro atoms. The number of fused-ring (bicyclic) bond motifs is 1. The monoisotopic (exact) mass is 545 g/mol. The number of benzene rings is 2. The van der Waals surface area contributed by atoms with Gasteiger partial charge in [0, 0.05) is 17.6 Å². The molecule has 202 valence electrons. The summed E-state index contributed by atoms with van der Waals surface area (Å²) in [6.45, 7) is -0.291. The lowest BCUT2D eigenvalue weighted by molar-refractivity contribution is -0.598. The van der Waals surface area contributed by atoms with Crippen LogP contribution < -0.4 is 0 Å². The average molecular weight is 545 g/mol. The smallest absolute Gasteiger partial charge is 0.376 e. The van der Waals surface area contributed by atoms with Crippen LogP contribution in [0.25, 0.3) is 28.3 Å². The number of ether oxygens (including phenoxy) is 1. The molecular weight excluding hydrogens is 525 g/mol. The van der Waals surface area contributed by atoms with E-state index in [-0.39, 0.29) is 41.3 Å². The number of hydrogen-bond acceptors (Lipinski definition) is 6. The van der Waals surface area contributed by atoms with Crippen LogP contribution in [0.4, 0.5) is 22.0 Å². The van der Waals surface area contributed by atoms with Crippen LogP contribution in [0, 0.1) is 21.7 Å². The fraction of sp³-hybridized carbons (Fsp3) is 0.269. The van der Waals surface area contributed by atoms with Crippen LogP contribution in [0.1, 0.15) is 18.4 Å². The fourth-order valence-electron chi connectivity index (χ4n) is 4.96. The minimum absolute atomic E-state index is 0.0709. The highest BCUT2D eigenvalue weighted by atomic mass is 19.4. The molecule has 39 heavy (non-hydrogen) atoms. The van der Waals surface area contributed by atoms with Gasteiger partial charge in [-0.15, -0.1) is 0 Å². The van der Waals surface area contributed by atoms with Crippen molar-refractivity contribution in [1.29, 1.82) is 0 Å². The first-order chi connectivity index (χ1) is 18.5. The molecule has 0 saturated heterocycles. The van der Waals surface area contributed by atoms with Crippen molar-refractivity contribution in [1.82, 2.24) is 19.7 Å². The van der Waals surface area contributed by atoms with E-state index in [4.69, 9.17) is 4.74 Å². The van der Waals surface area contributed by atoms with E-state index in [0.29, 0.717) is 0 Å². The van der Waals surface area contributed by atoms with E-state index in [1.165, 1.54) is 66.7 Å². The van der Waals surface area contributed by atoms with Crippen LogP contribution in [-0.2, 0) is 11.3 Å². The molecule has 0 saturated carbocycles. The van der Waals surface area contributed by atoms with Gasteiger partial charge in [-0.1, -0.05) is 42.5 Å². The Hall–Kier alpha value is -4.26. The number of halogens is 5. The van der Waals surface area contributed by atoms with E-state index in [9.17, 15) is 32.1 Å². The zero-order chi connectivity index (χ0) is 28.0. The van der Waals surface area contributed by atoms with Crippen molar-refractivity contribution >= 4 is 5.57 Å². The van der Waals surface area contributed by atoms with Gasteiger partial charge in [-0.05, 0) is 24.1 Å². The van der Waals surface area contributed by atoms with E-state index >= 15 is 0 Å². The van der Waals surface area contributed by atoms with Crippen molar-refractivity contribution in [3.05, 3.63) is 94.3 Å². The molecule has 2 unspecified atom stereocenters. The lowest BCUT2D eigenvalue weighted by Crippen LogP contribution is -2.60. The van der Waals surface area contributed by atoms with E-state index < -0.39 is 45.9 Å². The van der Waals surface area contributed by atoms with Gasteiger partial charge in [-0.2, -0.15) is 18.3 Å². The van der Waals surface area contributed by atoms with Crippen LogP contribution in [0.5, 0.6) is 0 Å². The second kappa shape index (κ2) is 9.49. The summed E-state index contributed by atoms with van der Waals surface area (Å²) in [5.74, 6) is -2.30. The van der Waals surface area contributed by atoms with Crippen LogP contribution in [0.15, 0.2) is 67.0 Å². The SMILES string of the molecule is COC1(Cn2cc3nc(-c4cccc(F)c4F)nc-3cn2)CC=C(c2ccccc2)C([N+](=O)[O-])(C(F)(F)F)C1. The van der Waals surface area contributed by atoms with Crippen molar-refractivity contribution in [2.24, 2.45) is 0 Å². The van der Waals surface area contributed by atoms with Crippen LogP contribution in [0.2, 0.25) is 0 Å². The van der Waals surface area contributed by atoms with Gasteiger partial charge in [0.1, 0.15) is 11.4 Å². The highest BCUT2D eigenvalue weighted by molar-refractivity contribution is 5.74. The molecule has 0 aromatic heterocycles. The second-order valence-electron chi connectivity index (χ2n) is 9.26. The summed E-state index contributed by atoms with van der Waals surface area (Å²) in [6.07, 6.45) is -2.49. The first kappa shape index (κ1) is 26.4. The zero-order valence-corrected chi connectivity index (χ0v) is 20.3. The van der Waals surface area contributed by atoms with Gasteiger partial charge in [-0.25, -0.2) is 18.7 Å². The largest absolute Gasteiger partial charge is 0.465 e. The summed E-state index contributed by atoms with van der Waals surface area (Å²) < 4.78 is 78.5. The normalized spacial score (nSPS) is 21.6. The van der Waals surface area contributed by atoms with E-state index in [1.807, 2.05) is 0 Å². The molecule has 2 atom stereocenters. The maximum Gasteiger partial charge on any atom is 0.465 e. The first-order valence-electron chi connectivity index (χ1n) is 11.7. The van der Waals surface area contributed by atoms with Crippen molar-refractivity contribution in [3.8, 4) is 22.8 Å². The maximum atomic E-state index is 14.6. The molecule has 2 aromatic carbocycles. The van der Waals surface area contributed by atoms with Gasteiger partial charge in [0.05, 0.1) is 36.5 Å². The summed E-state index contributed by atoms with van der Waals surface area (Å²) >= 11 is 0. The Bertz CT molecular complexity index is 1540. The predicted octanol–water partition coefficient (Wildman–Crippen LogP) is 5.56. The lowest BCUT2D eigenvalue weighted by Gasteiger charge is -2.42. The summed E-state index contributed by atoms with van der Waals surface area (Å²) in [7, 11) is 1.19. The third-order valence-corrected chi connectivity index (χ3v) is 6.96. The number of alkyl halides is 3. The molecule has 0 fully saturated rings. The first-order valence-corrected chi connectivity index (χ1v) is 11.7. The molecule has 3 aliphatic rings. The van der Waals surface area contributed by atoms with E-state index in [1.54, 1.807) is 6.07 Å². The second-order valence-corrected chi connectivity index (χ2v) is 9.26. The molecule has 2 aliphatic heterocycles. The van der Waals surface area contributed by atoms with E-state index in [0.717, 1.165) is 6.07 Å². The molecule has 5 rings (SSSR count). The number of rotatable bonds is 6. The third kappa shape index (κ3) is 4.42. The molecule has 0 N–H and O–H groups in total. The van der Waals surface area contributed by atoms with Crippen molar-refractivity contribution in [3.63, 3.8) is 0 Å². The standard InChI is InChI=1S/C26H20F5N5O3/c1-39-24(11-10-18(16-6-3-2-4-7-16)25(14-24,36(37)38)26(29,30)31)15-35-13-21-20(12-32-35)33-23(34-21)17-8-5-9-19(27)22(17)28/h2-10,12-13H,11,14-15H2,1H3. The number of methoxy groups -OCH3 is 1. The predicted molar refractivity (Wildman–Crippen MR) is 129 cm³/mol. The Morgan fingerprint density at radius 1 is 1.08 bits per heavy atom. The molecule has 2 aromatic rings. The topological polar surface area (TPSA) is 96.0 Å². The molecule has 0 radical (unpaired) electrons. The maximum absolute atomic E-state index is 14.6. The molecule has 13 heteroatoms. The third-order valence-electron chi connectivity index (χ3n) is 6.96. The highest BCUT2D eigenvalue weighted by Gasteiger charge is 2.72. The van der Waals surface area contributed by atoms with Crippen molar-refractivity contribution in [2.75, 3.05) is 7.11 Å². The Morgan fingerprint density at radius 3 is 2.46 bits per heavy atom. The highest BCUT2D eigenvalue weighted by Crippen LogP contribution is 2.52. The average Bonchev–Trinajstić information content (AvgIpc) is 3.33. The Morgan fingerprint density at radius 2 is 1.79 bits per heavy atom. The summed E-state index contributed by atoms with van der Waals surface area (Å²) in [5, 5.41) is 16.4. The Kier molecular flexibility index (Phi) is 6.41. The summed E-state index contributed by atoms with van der Waals surface area (Å²) in [4.78, 5) is 19.3. The minimum atomic E-state index is -5.24. The van der Waals surface area contributed by atoms with Gasteiger partial charge in [0.2, 0.25) is 0 Å². The molecule has 2 heterocycles. The van der Waals surface area contributed by atoms with Crippen molar-refractivity contribution in [2.45, 2.75) is 36.7 Å². The van der Waals surface area contributed by atoms with Gasteiger partial charge in [0.25, 0.3) is 0 Å². The van der Waals surface area contributed by atoms with E-state index in [2.05, 4.69) is 15.1 Å². The number of aromatic nitrogens is 4. The van der Waals surface area contributed by atoms with Gasteiger partial charge in [-0.3, -0.25) is 14.8 Å². The minimum Gasteiger partial charge on any atom is -0.376 e. The molecule has 8 nitrogen and oxygen atoms in total. The summed E-state index contributed by atoms with van der Waals surface area (Å²) in [5.41, 5.74) is -5.18. The zero-order valence-electron chi connectivity index (χ0n) is 20.3. The number of nitrogens with zero attached hydrogens (tertiary/aromatic N) is 5. The van der Waals surface area contributed by atoms with Gasteiger partial charge < -0.3 is 4.74 Å². The van der Waals surface area contributed by atoms with Gasteiger partial charge in [0.15, 0.2) is 17.5 Å². The quantitative estimate of drug-likeness (QED) is 0.179. The van der Waals surface area contributed by atoms with Crippen LogP contribution >= 0.6 is 0 Å². The fourth-order valence-corrected chi connectivity index (χ4v) is 4.96. The van der Waals surface area contributed by atoms with Crippen molar-refractivity contribution < 1.29 is 31.6 Å². The Labute approximate surface area is 218 Å². The lowest BCUT2D eigenvalue weighted by atomic mass is 9.70.